The molecule has 2 aromatic rings. The fraction of sp³-hybridized carbons (Fsp3) is 0.480. The summed E-state index contributed by atoms with van der Waals surface area (Å²) in [4.78, 5) is 17.1. The van der Waals surface area contributed by atoms with Gasteiger partial charge in [-0.25, -0.2) is 0 Å². The van der Waals surface area contributed by atoms with Crippen molar-refractivity contribution in [3.63, 3.8) is 0 Å². The molecule has 29 heavy (non-hydrogen) atoms. The highest BCUT2D eigenvalue weighted by atomic mass is 16.1. The molecule has 4 nitrogen and oxygen atoms in total. The summed E-state index contributed by atoms with van der Waals surface area (Å²) in [7, 11) is 4.11. The number of anilines is 1. The number of fused-ring (bicyclic) bond motifs is 1. The number of hydrogen-bond acceptors (Lipinski definition) is 3. The van der Waals surface area contributed by atoms with Crippen LogP contribution in [0.3, 0.4) is 0 Å². The van der Waals surface area contributed by atoms with Gasteiger partial charge >= 0.3 is 0 Å². The van der Waals surface area contributed by atoms with Crippen molar-refractivity contribution in [1.82, 2.24) is 10.2 Å². The molecule has 1 aliphatic heterocycles. The Balaban J connectivity index is 1.79. The van der Waals surface area contributed by atoms with Crippen molar-refractivity contribution in [2.75, 3.05) is 32.1 Å². The van der Waals surface area contributed by atoms with Gasteiger partial charge in [0.15, 0.2) is 0 Å². The minimum absolute atomic E-state index is 0.00297. The second-order valence-corrected chi connectivity index (χ2v) is 9.53. The zero-order valence-electron chi connectivity index (χ0n) is 18.5. The third kappa shape index (κ3) is 5.83. The summed E-state index contributed by atoms with van der Waals surface area (Å²) in [5.41, 5.74) is 5.29. The molecule has 1 atom stereocenters. The zero-order valence-corrected chi connectivity index (χ0v) is 18.5. The van der Waals surface area contributed by atoms with E-state index in [9.17, 15) is 4.79 Å². The van der Waals surface area contributed by atoms with Gasteiger partial charge in [0.25, 0.3) is 0 Å². The molecule has 1 N–H and O–H groups in total. The molecule has 0 saturated carbocycles. The molecule has 0 spiro atoms. The lowest BCUT2D eigenvalue weighted by Gasteiger charge is -2.36. The molecule has 1 amide bonds. The first-order valence-electron chi connectivity index (χ1n) is 10.6. The monoisotopic (exact) mass is 393 g/mol. The second kappa shape index (κ2) is 9.00. The molecule has 2 aromatic carbocycles. The van der Waals surface area contributed by atoms with Crippen molar-refractivity contribution < 1.29 is 4.79 Å². The Bertz CT molecular complexity index is 821. The summed E-state index contributed by atoms with van der Waals surface area (Å²) in [6, 6.07) is 17.6. The summed E-state index contributed by atoms with van der Waals surface area (Å²) in [5, 5.41) is 3.21. The van der Waals surface area contributed by atoms with E-state index >= 15 is 0 Å². The number of rotatable bonds is 6. The van der Waals surface area contributed by atoms with E-state index in [1.54, 1.807) is 0 Å². The quantitative estimate of drug-likeness (QED) is 0.790. The molecule has 0 aromatic heterocycles. The van der Waals surface area contributed by atoms with Crippen molar-refractivity contribution in [3.05, 3.63) is 65.2 Å². The molecule has 1 heterocycles. The topological polar surface area (TPSA) is 35.6 Å². The van der Waals surface area contributed by atoms with Gasteiger partial charge in [-0.2, -0.15) is 0 Å². The predicted octanol–water partition coefficient (Wildman–Crippen LogP) is 4.40. The summed E-state index contributed by atoms with van der Waals surface area (Å²) in [6.45, 7) is 8.87. The van der Waals surface area contributed by atoms with Crippen LogP contribution in [0.2, 0.25) is 0 Å². The molecular formula is C25H35N3O. The Kier molecular flexibility index (Phi) is 6.63. The average molecular weight is 394 g/mol. The van der Waals surface area contributed by atoms with Crippen LogP contribution in [0, 0.1) is 5.41 Å². The summed E-state index contributed by atoms with van der Waals surface area (Å²) in [5.74, 6) is 0.129. The molecule has 156 valence electrons. The smallest absolute Gasteiger partial charge is 0.220 e. The number of carbonyl (C=O) groups is 1. The Labute approximate surface area is 175 Å². The third-order valence-corrected chi connectivity index (χ3v) is 5.58. The van der Waals surface area contributed by atoms with Crippen molar-refractivity contribution in [2.45, 2.75) is 46.2 Å². The SMILES string of the molecule is CN(C)c1ccc([C@@H](CNC(=O)CC(C)(C)C)N2CCc3ccccc3C2)cc1. The predicted molar refractivity (Wildman–Crippen MR) is 121 cm³/mol. The van der Waals surface area contributed by atoms with Crippen LogP contribution in [0.4, 0.5) is 5.69 Å². The van der Waals surface area contributed by atoms with Gasteiger partial charge < -0.3 is 10.2 Å². The van der Waals surface area contributed by atoms with Crippen LogP contribution in [0.1, 0.15) is 49.9 Å². The third-order valence-electron chi connectivity index (χ3n) is 5.58. The molecule has 0 aliphatic carbocycles. The van der Waals surface area contributed by atoms with E-state index in [1.807, 2.05) is 0 Å². The van der Waals surface area contributed by atoms with E-state index in [-0.39, 0.29) is 17.4 Å². The van der Waals surface area contributed by atoms with Gasteiger partial charge in [-0.15, -0.1) is 0 Å². The minimum Gasteiger partial charge on any atom is -0.378 e. The molecule has 4 heteroatoms. The van der Waals surface area contributed by atoms with Gasteiger partial charge in [-0.05, 0) is 40.7 Å². The van der Waals surface area contributed by atoms with Gasteiger partial charge in [-0.1, -0.05) is 57.2 Å². The maximum absolute atomic E-state index is 12.5. The van der Waals surface area contributed by atoms with Crippen LogP contribution in [0.15, 0.2) is 48.5 Å². The Morgan fingerprint density at radius 1 is 1.07 bits per heavy atom. The highest BCUT2D eigenvalue weighted by Crippen LogP contribution is 2.29. The van der Waals surface area contributed by atoms with E-state index < -0.39 is 0 Å². The van der Waals surface area contributed by atoms with E-state index in [2.05, 4.69) is 98.5 Å². The zero-order chi connectivity index (χ0) is 21.0. The highest BCUT2D eigenvalue weighted by Gasteiger charge is 2.26. The molecular weight excluding hydrogens is 358 g/mol. The van der Waals surface area contributed by atoms with Crippen molar-refractivity contribution in [1.29, 1.82) is 0 Å². The maximum atomic E-state index is 12.5. The van der Waals surface area contributed by atoms with Gasteiger partial charge in [0.05, 0.1) is 6.04 Å². The second-order valence-electron chi connectivity index (χ2n) is 9.53. The van der Waals surface area contributed by atoms with Gasteiger partial charge in [-0.3, -0.25) is 9.69 Å². The van der Waals surface area contributed by atoms with E-state index in [0.29, 0.717) is 13.0 Å². The lowest BCUT2D eigenvalue weighted by Crippen LogP contribution is -2.41. The molecule has 0 bridgehead atoms. The Morgan fingerprint density at radius 2 is 1.72 bits per heavy atom. The molecule has 0 fully saturated rings. The van der Waals surface area contributed by atoms with Gasteiger partial charge in [0.1, 0.15) is 0 Å². The standard InChI is InChI=1S/C25H35N3O/c1-25(2,3)16-24(29)26-17-23(20-10-12-22(13-11-20)27(4)5)28-15-14-19-8-6-7-9-21(19)18-28/h6-13,23H,14-18H2,1-5H3,(H,26,29)/t23-/m1/s1. The molecule has 0 radical (unpaired) electrons. The number of nitrogens with one attached hydrogen (secondary N) is 1. The summed E-state index contributed by atoms with van der Waals surface area (Å²) < 4.78 is 0. The van der Waals surface area contributed by atoms with Crippen LogP contribution in [0.25, 0.3) is 0 Å². The first kappa shape index (κ1) is 21.4. The molecule has 3 rings (SSSR count). The molecule has 1 aliphatic rings. The molecule has 0 saturated heterocycles. The van der Waals surface area contributed by atoms with Crippen LogP contribution >= 0.6 is 0 Å². The molecule has 0 unspecified atom stereocenters. The largest absolute Gasteiger partial charge is 0.378 e. The van der Waals surface area contributed by atoms with Crippen LogP contribution in [0.5, 0.6) is 0 Å². The number of carbonyl (C=O) groups excluding carboxylic acids is 1. The normalized spacial score (nSPS) is 15.5. The summed E-state index contributed by atoms with van der Waals surface area (Å²) >= 11 is 0. The lowest BCUT2D eigenvalue weighted by atomic mass is 9.92. The maximum Gasteiger partial charge on any atom is 0.220 e. The van der Waals surface area contributed by atoms with Crippen molar-refractivity contribution in [3.8, 4) is 0 Å². The average Bonchev–Trinajstić information content (AvgIpc) is 2.67. The van der Waals surface area contributed by atoms with Crippen molar-refractivity contribution in [2.24, 2.45) is 5.41 Å². The fourth-order valence-electron chi connectivity index (χ4n) is 3.99. The number of hydrogen-bond donors (Lipinski definition) is 1. The minimum atomic E-state index is -0.00297. The van der Waals surface area contributed by atoms with Crippen molar-refractivity contribution >= 4 is 11.6 Å². The van der Waals surface area contributed by atoms with Crippen LogP contribution in [-0.2, 0) is 17.8 Å². The van der Waals surface area contributed by atoms with Gasteiger partial charge in [0.2, 0.25) is 5.91 Å². The van der Waals surface area contributed by atoms with Crippen LogP contribution < -0.4 is 10.2 Å². The summed E-state index contributed by atoms with van der Waals surface area (Å²) in [6.07, 6.45) is 1.60. The highest BCUT2D eigenvalue weighted by molar-refractivity contribution is 5.76. The van der Waals surface area contributed by atoms with Crippen LogP contribution in [-0.4, -0.2) is 38.0 Å². The number of benzene rings is 2. The number of nitrogens with zero attached hydrogens (tertiary/aromatic N) is 2. The van der Waals surface area contributed by atoms with E-state index in [1.165, 1.54) is 22.4 Å². The van der Waals surface area contributed by atoms with E-state index in [4.69, 9.17) is 0 Å². The Morgan fingerprint density at radius 3 is 2.34 bits per heavy atom. The first-order chi connectivity index (χ1) is 13.7. The van der Waals surface area contributed by atoms with E-state index in [0.717, 1.165) is 19.5 Å². The Hall–Kier alpha value is -2.33. The first-order valence-corrected chi connectivity index (χ1v) is 10.6. The number of amides is 1. The lowest BCUT2D eigenvalue weighted by molar-refractivity contribution is -0.123. The fourth-order valence-corrected chi connectivity index (χ4v) is 3.99. The van der Waals surface area contributed by atoms with Gasteiger partial charge in [0, 0.05) is 45.8 Å².